The lowest BCUT2D eigenvalue weighted by atomic mass is 9.91. The van der Waals surface area contributed by atoms with Crippen LogP contribution in [0.1, 0.15) is 55.0 Å². The Morgan fingerprint density at radius 3 is 2.50 bits per heavy atom. The largest absolute Gasteiger partial charge is 0.223 e. The van der Waals surface area contributed by atoms with Crippen molar-refractivity contribution < 1.29 is 10.3 Å². The molecule has 0 unspecified atom stereocenters. The van der Waals surface area contributed by atoms with Crippen molar-refractivity contribution in [1.82, 2.24) is 0 Å². The molecule has 1 heterocycles. The number of rotatable bonds is 3. The van der Waals surface area contributed by atoms with Crippen LogP contribution < -0.4 is 4.57 Å². The number of fused-ring (bicyclic) bond motifs is 1. The number of nitrogens with zero attached hydrogens (tertiary/aromatic N) is 1. The first kappa shape index (κ1) is 17.8. The summed E-state index contributed by atoms with van der Waals surface area (Å²) >= 11 is 0. The molecule has 3 aromatic rings. The van der Waals surface area contributed by atoms with E-state index in [0.717, 1.165) is 45.6 Å². The van der Waals surface area contributed by atoms with Crippen molar-refractivity contribution in [2.45, 2.75) is 59.8 Å². The summed E-state index contributed by atoms with van der Waals surface area (Å²) in [5, 5.41) is 1.90. The van der Waals surface area contributed by atoms with E-state index in [1.54, 1.807) is 0 Å². The third-order valence-electron chi connectivity index (χ3n) is 6.69. The second kappa shape index (κ2) is 7.31. The van der Waals surface area contributed by atoms with Crippen molar-refractivity contribution in [3.63, 3.8) is 0 Å². The van der Waals surface area contributed by atoms with Gasteiger partial charge in [-0.2, -0.15) is 4.57 Å². The standard InChI is InChI=1S/C26H31FN/c1-16-12-17(2)25(27)24(19(16)4)26-23-11-10-21(14-20-8-6-7-9-20)15-22(23)13-18(3)28(26)5/h10-13,15,20H,6-9,14H2,1-5H3/q+1/i13D. The zero-order chi connectivity index (χ0) is 20.9. The van der Waals surface area contributed by atoms with Gasteiger partial charge in [-0.25, -0.2) is 4.39 Å². The number of halogens is 1. The van der Waals surface area contributed by atoms with Crippen LogP contribution in [0.2, 0.25) is 0 Å². The minimum atomic E-state index is -0.155. The Morgan fingerprint density at radius 1 is 1.07 bits per heavy atom. The molecule has 0 aliphatic heterocycles. The van der Waals surface area contributed by atoms with Crippen LogP contribution in [0.5, 0.6) is 0 Å². The molecule has 0 radical (unpaired) electrons. The summed E-state index contributed by atoms with van der Waals surface area (Å²) < 4.78 is 26.1. The first-order valence-electron chi connectivity index (χ1n) is 11.0. The molecule has 1 aliphatic carbocycles. The predicted molar refractivity (Wildman–Crippen MR) is 115 cm³/mol. The van der Waals surface area contributed by atoms with Gasteiger partial charge in [-0.1, -0.05) is 43.9 Å². The van der Waals surface area contributed by atoms with Gasteiger partial charge in [0, 0.05) is 13.0 Å². The van der Waals surface area contributed by atoms with Crippen molar-refractivity contribution in [3.05, 3.63) is 64.1 Å². The van der Waals surface area contributed by atoms with Crippen LogP contribution in [0.4, 0.5) is 4.39 Å². The molecular formula is C26H31FN+. The number of hydrogen-bond donors (Lipinski definition) is 0. The molecule has 1 aliphatic rings. The van der Waals surface area contributed by atoms with Gasteiger partial charge in [0.05, 0.1) is 12.3 Å². The first-order valence-corrected chi connectivity index (χ1v) is 10.5. The lowest BCUT2D eigenvalue weighted by Gasteiger charge is -2.15. The van der Waals surface area contributed by atoms with Crippen LogP contribution in [0.3, 0.4) is 0 Å². The van der Waals surface area contributed by atoms with Crippen molar-refractivity contribution in [1.29, 1.82) is 0 Å². The van der Waals surface area contributed by atoms with Gasteiger partial charge < -0.3 is 0 Å². The normalized spacial score (nSPS) is 15.4. The maximum absolute atomic E-state index is 15.4. The summed E-state index contributed by atoms with van der Waals surface area (Å²) in [6.07, 6.45) is 6.39. The van der Waals surface area contributed by atoms with E-state index in [9.17, 15) is 0 Å². The average Bonchev–Trinajstić information content (AvgIpc) is 3.20. The molecule has 1 saturated carbocycles. The molecule has 4 rings (SSSR count). The minimum Gasteiger partial charge on any atom is -0.206 e. The fourth-order valence-electron chi connectivity index (χ4n) is 4.84. The van der Waals surface area contributed by atoms with Crippen LogP contribution in [0.15, 0.2) is 30.3 Å². The van der Waals surface area contributed by atoms with Crippen molar-refractivity contribution in [3.8, 4) is 11.3 Å². The van der Waals surface area contributed by atoms with E-state index in [0.29, 0.717) is 17.2 Å². The van der Waals surface area contributed by atoms with Gasteiger partial charge in [-0.3, -0.25) is 0 Å². The molecule has 0 amide bonds. The van der Waals surface area contributed by atoms with E-state index in [1.165, 1.54) is 31.2 Å². The summed E-state index contributed by atoms with van der Waals surface area (Å²) in [5.41, 5.74) is 6.44. The summed E-state index contributed by atoms with van der Waals surface area (Å²) in [7, 11) is 1.95. The van der Waals surface area contributed by atoms with Gasteiger partial charge in [-0.15, -0.1) is 0 Å². The number of benzene rings is 2. The highest BCUT2D eigenvalue weighted by molar-refractivity contribution is 5.94. The number of hydrogen-bond acceptors (Lipinski definition) is 0. The maximum Gasteiger partial charge on any atom is 0.223 e. The quantitative estimate of drug-likeness (QED) is 0.463. The molecule has 28 heavy (non-hydrogen) atoms. The molecule has 1 aromatic heterocycles. The van der Waals surface area contributed by atoms with Crippen molar-refractivity contribution in [2.75, 3.05) is 0 Å². The maximum atomic E-state index is 15.4. The molecular weight excluding hydrogens is 345 g/mol. The lowest BCUT2D eigenvalue weighted by molar-refractivity contribution is -0.665. The predicted octanol–water partition coefficient (Wildman–Crippen LogP) is 6.44. The van der Waals surface area contributed by atoms with E-state index in [4.69, 9.17) is 1.37 Å². The van der Waals surface area contributed by atoms with Crippen LogP contribution in [0, 0.1) is 39.4 Å². The fourth-order valence-corrected chi connectivity index (χ4v) is 4.84. The van der Waals surface area contributed by atoms with Gasteiger partial charge in [0.1, 0.15) is 12.9 Å². The second-order valence-corrected chi connectivity index (χ2v) is 8.68. The summed E-state index contributed by atoms with van der Waals surface area (Å²) in [6.45, 7) is 7.83. The smallest absolute Gasteiger partial charge is 0.206 e. The molecule has 1 nitrogen and oxygen atoms in total. The highest BCUT2D eigenvalue weighted by Crippen LogP contribution is 2.35. The van der Waals surface area contributed by atoms with Gasteiger partial charge in [0.25, 0.3) is 0 Å². The minimum absolute atomic E-state index is 0.155. The number of pyridine rings is 1. The first-order chi connectivity index (χ1) is 13.8. The van der Waals surface area contributed by atoms with Crippen molar-refractivity contribution >= 4 is 10.8 Å². The van der Waals surface area contributed by atoms with Crippen LogP contribution >= 0.6 is 0 Å². The van der Waals surface area contributed by atoms with Gasteiger partial charge in [0.2, 0.25) is 5.69 Å². The van der Waals surface area contributed by atoms with Crippen LogP contribution in [-0.2, 0) is 13.5 Å². The summed E-state index contributed by atoms with van der Waals surface area (Å²) in [4.78, 5) is 0. The lowest BCUT2D eigenvalue weighted by Crippen LogP contribution is -2.35. The van der Waals surface area contributed by atoms with Crippen LogP contribution in [0.25, 0.3) is 22.0 Å². The monoisotopic (exact) mass is 377 g/mol. The molecule has 0 atom stereocenters. The highest BCUT2D eigenvalue weighted by Gasteiger charge is 2.25. The van der Waals surface area contributed by atoms with E-state index in [1.807, 2.05) is 45.4 Å². The summed E-state index contributed by atoms with van der Waals surface area (Å²) in [5.74, 6) is 0.610. The third-order valence-corrected chi connectivity index (χ3v) is 6.69. The van der Waals surface area contributed by atoms with E-state index in [-0.39, 0.29) is 5.82 Å². The molecule has 0 saturated heterocycles. The second-order valence-electron chi connectivity index (χ2n) is 8.68. The Morgan fingerprint density at radius 2 is 1.79 bits per heavy atom. The number of aromatic nitrogens is 1. The summed E-state index contributed by atoms with van der Waals surface area (Å²) in [6, 6.07) is 8.95. The van der Waals surface area contributed by atoms with E-state index < -0.39 is 0 Å². The highest BCUT2D eigenvalue weighted by atomic mass is 19.1. The average molecular weight is 378 g/mol. The molecule has 0 N–H and O–H groups in total. The molecule has 2 heteroatoms. The third kappa shape index (κ3) is 3.23. The Kier molecular flexibility index (Phi) is 4.66. The van der Waals surface area contributed by atoms with Crippen molar-refractivity contribution in [2.24, 2.45) is 13.0 Å². The fraction of sp³-hybridized carbons (Fsp3) is 0.423. The Balaban J connectivity index is 1.98. The van der Waals surface area contributed by atoms with E-state index >= 15 is 4.39 Å². The molecule has 1 fully saturated rings. The topological polar surface area (TPSA) is 3.88 Å². The van der Waals surface area contributed by atoms with Gasteiger partial charge >= 0.3 is 0 Å². The molecule has 0 bridgehead atoms. The Hall–Kier alpha value is -2.22. The zero-order valence-electron chi connectivity index (χ0n) is 18.7. The molecule has 2 aromatic carbocycles. The van der Waals surface area contributed by atoms with E-state index in [2.05, 4.69) is 18.2 Å². The SMILES string of the molecule is [2H]c1c(C)[n+](C)c(-c2c(C)c(C)cc(C)c2F)c2ccc(CC3CCCC3)cc12. The van der Waals surface area contributed by atoms with Gasteiger partial charge in [0.15, 0.2) is 5.69 Å². The zero-order valence-corrected chi connectivity index (χ0v) is 17.7. The molecule has 0 spiro atoms. The molecule has 146 valence electrons. The van der Waals surface area contributed by atoms with Crippen LogP contribution in [-0.4, -0.2) is 0 Å². The number of aryl methyl sites for hydroxylation is 2. The Labute approximate surface area is 169 Å². The Bertz CT molecular complexity index is 1080. The van der Waals surface area contributed by atoms with Gasteiger partial charge in [-0.05, 0) is 66.8 Å².